The van der Waals surface area contributed by atoms with Crippen molar-refractivity contribution in [2.24, 2.45) is 7.05 Å². The second kappa shape index (κ2) is 3.61. The third-order valence-electron chi connectivity index (χ3n) is 2.26. The highest BCUT2D eigenvalue weighted by Gasteiger charge is 2.01. The number of aryl methyl sites for hydroxylation is 1. The van der Waals surface area contributed by atoms with Crippen LogP contribution in [-0.4, -0.2) is 14.1 Å². The molecule has 2 aromatic rings. The van der Waals surface area contributed by atoms with Crippen molar-refractivity contribution in [2.45, 2.75) is 6.54 Å². The molecule has 2 aromatic heterocycles. The Kier molecular flexibility index (Phi) is 2.29. The fraction of sp³-hybridized carbons (Fsp3) is 0.200. The first kappa shape index (κ1) is 9.51. The Morgan fingerprint density at radius 3 is 2.93 bits per heavy atom. The summed E-state index contributed by atoms with van der Waals surface area (Å²) in [5.74, 6) is 0. The molecule has 0 amide bonds. The van der Waals surface area contributed by atoms with E-state index in [1.54, 1.807) is 29.4 Å². The minimum Gasteiger partial charge on any atom is -0.398 e. The van der Waals surface area contributed by atoms with Gasteiger partial charge < -0.3 is 14.9 Å². The van der Waals surface area contributed by atoms with Gasteiger partial charge in [-0.05, 0) is 6.07 Å². The summed E-state index contributed by atoms with van der Waals surface area (Å²) >= 11 is 0. The highest BCUT2D eigenvalue weighted by molar-refractivity contribution is 5.33. The molecule has 0 saturated heterocycles. The minimum absolute atomic E-state index is 0.0644. The number of anilines is 1. The van der Waals surface area contributed by atoms with Crippen LogP contribution in [0.5, 0.6) is 0 Å². The number of rotatable bonds is 2. The molecule has 0 aliphatic heterocycles. The van der Waals surface area contributed by atoms with E-state index in [0.717, 1.165) is 5.69 Å². The van der Waals surface area contributed by atoms with Gasteiger partial charge in [-0.3, -0.25) is 4.79 Å². The van der Waals surface area contributed by atoms with Crippen molar-refractivity contribution < 1.29 is 0 Å². The zero-order valence-electron chi connectivity index (χ0n) is 8.42. The molecule has 78 valence electrons. The van der Waals surface area contributed by atoms with E-state index >= 15 is 0 Å². The van der Waals surface area contributed by atoms with Crippen molar-refractivity contribution in [1.29, 1.82) is 0 Å². The number of hydrogen-bond donors (Lipinski definition) is 1. The largest absolute Gasteiger partial charge is 0.398 e. The Hall–Kier alpha value is -2.04. The first-order chi connectivity index (χ1) is 7.16. The number of aromatic nitrogens is 3. The molecule has 5 nitrogen and oxygen atoms in total. The van der Waals surface area contributed by atoms with Gasteiger partial charge in [0, 0.05) is 31.2 Å². The highest BCUT2D eigenvalue weighted by atomic mass is 16.1. The van der Waals surface area contributed by atoms with E-state index in [1.807, 2.05) is 11.6 Å². The lowest BCUT2D eigenvalue weighted by atomic mass is 10.4. The van der Waals surface area contributed by atoms with Crippen LogP contribution in [0.15, 0.2) is 35.6 Å². The number of nitrogen functional groups attached to an aromatic ring is 1. The Morgan fingerprint density at radius 1 is 1.47 bits per heavy atom. The number of nitrogens with zero attached hydrogens (tertiary/aromatic N) is 3. The molecule has 0 atom stereocenters. The van der Waals surface area contributed by atoms with Gasteiger partial charge in [-0.25, -0.2) is 4.98 Å². The normalized spacial score (nSPS) is 10.5. The molecule has 0 fully saturated rings. The molecule has 0 radical (unpaired) electrons. The van der Waals surface area contributed by atoms with Gasteiger partial charge >= 0.3 is 0 Å². The first-order valence-electron chi connectivity index (χ1n) is 4.58. The monoisotopic (exact) mass is 204 g/mol. The Bertz CT molecular complexity index is 526. The summed E-state index contributed by atoms with van der Waals surface area (Å²) in [4.78, 5) is 15.5. The van der Waals surface area contributed by atoms with Crippen molar-refractivity contribution in [3.63, 3.8) is 0 Å². The quantitative estimate of drug-likeness (QED) is 0.760. The molecule has 0 saturated carbocycles. The summed E-state index contributed by atoms with van der Waals surface area (Å²) < 4.78 is 3.43. The lowest BCUT2D eigenvalue weighted by Gasteiger charge is -2.06. The SMILES string of the molecule is Cn1cncc1Cn1cc(N)ccc1=O. The predicted molar refractivity (Wildman–Crippen MR) is 57.4 cm³/mol. The summed E-state index contributed by atoms with van der Waals surface area (Å²) in [5, 5.41) is 0. The van der Waals surface area contributed by atoms with Crippen molar-refractivity contribution in [3.05, 3.63) is 46.9 Å². The van der Waals surface area contributed by atoms with E-state index < -0.39 is 0 Å². The van der Waals surface area contributed by atoms with E-state index in [2.05, 4.69) is 4.98 Å². The van der Waals surface area contributed by atoms with Gasteiger partial charge in [0.1, 0.15) is 0 Å². The molecular weight excluding hydrogens is 192 g/mol. The predicted octanol–water partition coefficient (Wildman–Crippen LogP) is 0.212. The van der Waals surface area contributed by atoms with Crippen LogP contribution in [0, 0.1) is 0 Å². The molecular formula is C10H12N4O. The number of nitrogens with two attached hydrogens (primary N) is 1. The summed E-state index contributed by atoms with van der Waals surface area (Å²) in [6.07, 6.45) is 5.07. The highest BCUT2D eigenvalue weighted by Crippen LogP contribution is 2.01. The van der Waals surface area contributed by atoms with Crippen molar-refractivity contribution in [1.82, 2.24) is 14.1 Å². The van der Waals surface area contributed by atoms with Crippen LogP contribution < -0.4 is 11.3 Å². The Labute approximate surface area is 86.8 Å². The molecule has 2 N–H and O–H groups in total. The van der Waals surface area contributed by atoms with Gasteiger partial charge in [0.05, 0.1) is 18.6 Å². The summed E-state index contributed by atoms with van der Waals surface area (Å²) in [6.45, 7) is 0.486. The maximum atomic E-state index is 11.5. The smallest absolute Gasteiger partial charge is 0.251 e. The summed E-state index contributed by atoms with van der Waals surface area (Å²) in [5.41, 5.74) is 7.09. The van der Waals surface area contributed by atoms with Crippen molar-refractivity contribution in [3.8, 4) is 0 Å². The van der Waals surface area contributed by atoms with E-state index in [0.29, 0.717) is 12.2 Å². The molecule has 2 heterocycles. The first-order valence-corrected chi connectivity index (χ1v) is 4.58. The van der Waals surface area contributed by atoms with Crippen LogP contribution >= 0.6 is 0 Å². The zero-order valence-corrected chi connectivity index (χ0v) is 8.42. The fourth-order valence-corrected chi connectivity index (χ4v) is 1.38. The average molecular weight is 204 g/mol. The molecule has 0 unspecified atom stereocenters. The maximum absolute atomic E-state index is 11.5. The average Bonchev–Trinajstić information content (AvgIpc) is 2.58. The molecule has 15 heavy (non-hydrogen) atoms. The summed E-state index contributed by atoms with van der Waals surface area (Å²) in [7, 11) is 1.89. The number of imidazole rings is 1. The van der Waals surface area contributed by atoms with Crippen LogP contribution in [0.25, 0.3) is 0 Å². The van der Waals surface area contributed by atoms with Gasteiger partial charge in [0.15, 0.2) is 0 Å². The second-order valence-corrected chi connectivity index (χ2v) is 3.42. The molecule has 2 rings (SSSR count). The van der Waals surface area contributed by atoms with E-state index in [1.165, 1.54) is 6.07 Å². The van der Waals surface area contributed by atoms with Crippen LogP contribution in [-0.2, 0) is 13.6 Å². The standard InChI is InChI=1S/C10H12N4O/c1-13-7-12-4-9(13)6-14-5-8(11)2-3-10(14)15/h2-5,7H,6,11H2,1H3. The zero-order chi connectivity index (χ0) is 10.8. The van der Waals surface area contributed by atoms with Gasteiger partial charge in [0.25, 0.3) is 5.56 Å². The van der Waals surface area contributed by atoms with Gasteiger partial charge in [-0.1, -0.05) is 0 Å². The van der Waals surface area contributed by atoms with Gasteiger partial charge in [-0.2, -0.15) is 0 Å². The van der Waals surface area contributed by atoms with Crippen molar-refractivity contribution >= 4 is 5.69 Å². The van der Waals surface area contributed by atoms with Gasteiger partial charge in [0.2, 0.25) is 0 Å². The van der Waals surface area contributed by atoms with Crippen LogP contribution in [0.4, 0.5) is 5.69 Å². The molecule has 0 bridgehead atoms. The van der Waals surface area contributed by atoms with E-state index in [9.17, 15) is 4.79 Å². The lowest BCUT2D eigenvalue weighted by Crippen LogP contribution is -2.20. The molecule has 0 aliphatic carbocycles. The molecule has 0 aliphatic rings. The van der Waals surface area contributed by atoms with Crippen molar-refractivity contribution in [2.75, 3.05) is 5.73 Å². The third-order valence-corrected chi connectivity index (χ3v) is 2.26. The Balaban J connectivity index is 2.36. The van der Waals surface area contributed by atoms with Crippen LogP contribution in [0.1, 0.15) is 5.69 Å². The maximum Gasteiger partial charge on any atom is 0.251 e. The third kappa shape index (κ3) is 1.90. The topological polar surface area (TPSA) is 65.8 Å². The minimum atomic E-state index is -0.0644. The van der Waals surface area contributed by atoms with Crippen LogP contribution in [0.3, 0.4) is 0 Å². The molecule has 5 heteroatoms. The number of pyridine rings is 1. The lowest BCUT2D eigenvalue weighted by molar-refractivity contribution is 0.701. The fourth-order valence-electron chi connectivity index (χ4n) is 1.38. The van der Waals surface area contributed by atoms with Crippen LogP contribution in [0.2, 0.25) is 0 Å². The van der Waals surface area contributed by atoms with Gasteiger partial charge in [-0.15, -0.1) is 0 Å². The second-order valence-electron chi connectivity index (χ2n) is 3.42. The Morgan fingerprint density at radius 2 is 2.27 bits per heavy atom. The van der Waals surface area contributed by atoms with E-state index in [4.69, 9.17) is 5.73 Å². The molecule has 0 aromatic carbocycles. The van der Waals surface area contributed by atoms with E-state index in [-0.39, 0.29) is 5.56 Å². The summed E-state index contributed by atoms with van der Waals surface area (Å²) in [6, 6.07) is 3.06. The molecule has 0 spiro atoms. The number of hydrogen-bond acceptors (Lipinski definition) is 3.